The molecule has 0 bridgehead atoms. The van der Waals surface area contributed by atoms with Gasteiger partial charge in [-0.15, -0.1) is 0 Å². The van der Waals surface area contributed by atoms with Crippen molar-refractivity contribution in [2.45, 2.75) is 125 Å². The Morgan fingerprint density at radius 1 is 0.473 bits per heavy atom. The van der Waals surface area contributed by atoms with Gasteiger partial charge < -0.3 is 63.1 Å². The van der Waals surface area contributed by atoms with E-state index in [1.54, 1.807) is 107 Å². The first kappa shape index (κ1) is 63.3. The fourth-order valence-electron chi connectivity index (χ4n) is 6.01. The number of hydrogen-bond donors (Lipinski definition) is 2. The van der Waals surface area contributed by atoms with Gasteiger partial charge in [0.2, 0.25) is 11.8 Å². The second-order valence-corrected chi connectivity index (χ2v) is 20.6. The van der Waals surface area contributed by atoms with Crippen LogP contribution in [0.25, 0.3) is 0 Å². The summed E-state index contributed by atoms with van der Waals surface area (Å²) in [5.74, 6) is -5.67. The van der Waals surface area contributed by atoms with Crippen LogP contribution in [0.3, 0.4) is 0 Å². The Morgan fingerprint density at radius 3 is 1.16 bits per heavy atom. The van der Waals surface area contributed by atoms with E-state index in [2.05, 4.69) is 10.6 Å². The van der Waals surface area contributed by atoms with Gasteiger partial charge >= 0.3 is 29.8 Å². The van der Waals surface area contributed by atoms with Crippen LogP contribution in [0, 0.1) is 0 Å². The van der Waals surface area contributed by atoms with E-state index in [0.29, 0.717) is 0 Å². The first-order valence-electron chi connectivity index (χ1n) is 24.1. The minimum atomic E-state index is -0.809. The lowest BCUT2D eigenvalue weighted by molar-refractivity contribution is -0.165. The van der Waals surface area contributed by atoms with Gasteiger partial charge in [0.1, 0.15) is 66.7 Å². The maximum atomic E-state index is 13.2. The number of amides is 4. The highest BCUT2D eigenvalue weighted by molar-refractivity contribution is 5.91. The highest BCUT2D eigenvalue weighted by atomic mass is 16.6. The van der Waals surface area contributed by atoms with Crippen LogP contribution in [-0.4, -0.2) is 165 Å². The van der Waals surface area contributed by atoms with Crippen LogP contribution < -0.4 is 20.1 Å². The summed E-state index contributed by atoms with van der Waals surface area (Å²) in [5, 5.41) is 5.23. The van der Waals surface area contributed by atoms with Gasteiger partial charge in [0.05, 0.1) is 44.8 Å². The van der Waals surface area contributed by atoms with E-state index < -0.39 is 115 Å². The standard InChI is InChI=1S/C52H76N4O18/c1-49(2,3)71-44(61)29-55(30-45(62)72-50(4,5)6)42(59)18-22-66-24-20-53-40(57)34-68-38-26-37(48(65)70-33-36-16-14-13-15-17-36)27-39(28-38)69-35-41(58)54-21-25-67-23-19-43(60)56(31-46(63)73-51(7,8)9)32-47(64)74-52(10,11)12/h13-17,26-28H,18-25,29-35H2,1-12H3,(H,53,57)(H,54,58). The molecule has 4 amide bonds. The fraction of sp³-hybridized carbons (Fsp3) is 0.596. The number of benzene rings is 2. The third-order valence-electron chi connectivity index (χ3n) is 8.79. The molecule has 2 aromatic rings. The zero-order chi connectivity index (χ0) is 55.7. The highest BCUT2D eigenvalue weighted by Crippen LogP contribution is 2.24. The molecule has 0 aliphatic rings. The van der Waals surface area contributed by atoms with E-state index in [1.165, 1.54) is 18.2 Å². The predicted molar refractivity (Wildman–Crippen MR) is 266 cm³/mol. The number of ether oxygens (including phenoxy) is 9. The Hall–Kier alpha value is -6.81. The van der Waals surface area contributed by atoms with Crippen molar-refractivity contribution in [3.05, 3.63) is 59.7 Å². The van der Waals surface area contributed by atoms with Crippen LogP contribution in [-0.2, 0) is 78.1 Å². The molecular weight excluding hydrogens is 969 g/mol. The van der Waals surface area contributed by atoms with Gasteiger partial charge in [-0.05, 0) is 101 Å². The number of carbonyl (C=O) groups is 9. The molecule has 22 heteroatoms. The molecule has 2 N–H and O–H groups in total. The molecule has 0 radical (unpaired) electrons. The zero-order valence-corrected chi connectivity index (χ0v) is 45.0. The van der Waals surface area contributed by atoms with Crippen molar-refractivity contribution in [2.75, 3.05) is 78.9 Å². The molecule has 412 valence electrons. The molecule has 22 nitrogen and oxygen atoms in total. The third-order valence-corrected chi connectivity index (χ3v) is 8.79. The van der Waals surface area contributed by atoms with Crippen LogP contribution in [0.4, 0.5) is 0 Å². The molecule has 0 aliphatic heterocycles. The van der Waals surface area contributed by atoms with Crippen molar-refractivity contribution in [1.82, 2.24) is 20.4 Å². The normalized spacial score (nSPS) is 11.6. The molecule has 0 saturated heterocycles. The van der Waals surface area contributed by atoms with Gasteiger partial charge in [-0.3, -0.25) is 38.4 Å². The van der Waals surface area contributed by atoms with E-state index in [-0.39, 0.29) is 76.0 Å². The summed E-state index contributed by atoms with van der Waals surface area (Å²) < 4.78 is 49.1. The van der Waals surface area contributed by atoms with E-state index in [9.17, 15) is 43.2 Å². The summed E-state index contributed by atoms with van der Waals surface area (Å²) in [6.07, 6.45) is -0.366. The number of rotatable bonds is 29. The van der Waals surface area contributed by atoms with Crippen LogP contribution in [0.1, 0.15) is 112 Å². The summed E-state index contributed by atoms with van der Waals surface area (Å²) in [6.45, 7) is 17.1. The summed E-state index contributed by atoms with van der Waals surface area (Å²) >= 11 is 0. The largest absolute Gasteiger partial charge is 0.484 e. The second-order valence-electron chi connectivity index (χ2n) is 20.6. The first-order valence-corrected chi connectivity index (χ1v) is 24.1. The summed E-state index contributed by atoms with van der Waals surface area (Å²) in [4.78, 5) is 117. The van der Waals surface area contributed by atoms with Crippen molar-refractivity contribution in [3.63, 3.8) is 0 Å². The number of carbonyl (C=O) groups excluding carboxylic acids is 9. The average Bonchev–Trinajstić information content (AvgIpc) is 3.26. The minimum absolute atomic E-state index is 0.000750. The van der Waals surface area contributed by atoms with Crippen LogP contribution >= 0.6 is 0 Å². The van der Waals surface area contributed by atoms with Crippen LogP contribution in [0.2, 0.25) is 0 Å². The van der Waals surface area contributed by atoms with Crippen molar-refractivity contribution >= 4 is 53.5 Å². The average molecular weight is 1050 g/mol. The van der Waals surface area contributed by atoms with Gasteiger partial charge in [-0.2, -0.15) is 0 Å². The van der Waals surface area contributed by atoms with E-state index in [0.717, 1.165) is 15.4 Å². The zero-order valence-electron chi connectivity index (χ0n) is 45.0. The molecule has 0 unspecified atom stereocenters. The number of nitrogens with one attached hydrogen (secondary N) is 2. The molecule has 2 aromatic carbocycles. The molecule has 0 atom stereocenters. The molecule has 0 saturated carbocycles. The molecule has 0 aromatic heterocycles. The number of nitrogens with zero attached hydrogens (tertiary/aromatic N) is 2. The van der Waals surface area contributed by atoms with Crippen LogP contribution in [0.15, 0.2) is 48.5 Å². The Labute approximate surface area is 433 Å². The van der Waals surface area contributed by atoms with E-state index in [4.69, 9.17) is 42.6 Å². The smallest absolute Gasteiger partial charge is 0.338 e. The highest BCUT2D eigenvalue weighted by Gasteiger charge is 2.28. The lowest BCUT2D eigenvalue weighted by Crippen LogP contribution is -2.43. The summed E-state index contributed by atoms with van der Waals surface area (Å²) in [6, 6.07) is 13.0. The van der Waals surface area contributed by atoms with Crippen molar-refractivity contribution in [3.8, 4) is 11.5 Å². The molecule has 0 aliphatic carbocycles. The lowest BCUT2D eigenvalue weighted by Gasteiger charge is -2.26. The van der Waals surface area contributed by atoms with Gasteiger partial charge in [0.15, 0.2) is 13.2 Å². The van der Waals surface area contributed by atoms with Gasteiger partial charge in [0, 0.05) is 19.2 Å². The minimum Gasteiger partial charge on any atom is -0.484 e. The van der Waals surface area contributed by atoms with Gasteiger partial charge in [0.25, 0.3) is 11.8 Å². The molecule has 0 heterocycles. The van der Waals surface area contributed by atoms with Gasteiger partial charge in [-0.1, -0.05) is 30.3 Å². The molecule has 2 rings (SSSR count). The van der Waals surface area contributed by atoms with Gasteiger partial charge in [-0.25, -0.2) is 4.79 Å². The van der Waals surface area contributed by atoms with E-state index >= 15 is 0 Å². The SMILES string of the molecule is CC(C)(C)OC(=O)CN(CC(=O)OC(C)(C)C)C(=O)CCOCCNC(=O)COc1cc(OCC(=O)NCCOCCC(=O)N(CC(=O)OC(C)(C)C)CC(=O)OC(C)(C)C)cc(C(=O)OCc2ccccc2)c1. The Balaban J connectivity index is 1.93. The Bertz CT molecular complexity index is 2010. The number of hydrogen-bond acceptors (Lipinski definition) is 18. The second kappa shape index (κ2) is 30.4. The third kappa shape index (κ3) is 30.3. The van der Waals surface area contributed by atoms with E-state index in [1.807, 2.05) is 6.07 Å². The molecule has 0 fully saturated rings. The molecule has 0 spiro atoms. The van der Waals surface area contributed by atoms with Crippen molar-refractivity contribution in [2.24, 2.45) is 0 Å². The topological polar surface area (TPSA) is 267 Å². The first-order chi connectivity index (χ1) is 34.4. The summed E-state index contributed by atoms with van der Waals surface area (Å²) in [5.41, 5.74) is -2.49. The van der Waals surface area contributed by atoms with Crippen molar-refractivity contribution < 1.29 is 85.8 Å². The monoisotopic (exact) mass is 1040 g/mol. The van der Waals surface area contributed by atoms with Crippen molar-refractivity contribution in [1.29, 1.82) is 0 Å². The molecule has 74 heavy (non-hydrogen) atoms. The summed E-state index contributed by atoms with van der Waals surface area (Å²) in [7, 11) is 0. The Morgan fingerprint density at radius 2 is 0.824 bits per heavy atom. The fourth-order valence-corrected chi connectivity index (χ4v) is 6.01. The Kier molecular flexibility index (Phi) is 26.0. The quantitative estimate of drug-likeness (QED) is 0.0665. The van der Waals surface area contributed by atoms with Crippen LogP contribution in [0.5, 0.6) is 11.5 Å². The predicted octanol–water partition coefficient (Wildman–Crippen LogP) is 3.87. The lowest BCUT2D eigenvalue weighted by atomic mass is 10.2. The maximum Gasteiger partial charge on any atom is 0.338 e. The maximum absolute atomic E-state index is 13.2. The molecular formula is C52H76N4O18. The number of esters is 5.